The van der Waals surface area contributed by atoms with Crippen LogP contribution in [0.25, 0.3) is 0 Å². The summed E-state index contributed by atoms with van der Waals surface area (Å²) >= 11 is 0. The number of rotatable bonds is 3. The number of hydrogen-bond acceptors (Lipinski definition) is 2. The first-order valence-corrected chi connectivity index (χ1v) is 7.09. The van der Waals surface area contributed by atoms with Crippen molar-refractivity contribution in [2.75, 3.05) is 13.1 Å². The summed E-state index contributed by atoms with van der Waals surface area (Å²) < 4.78 is 0. The van der Waals surface area contributed by atoms with E-state index in [2.05, 4.69) is 29.7 Å². The topological polar surface area (TPSA) is 41.1 Å². The Labute approximate surface area is 127 Å². The van der Waals surface area contributed by atoms with E-state index in [1.807, 2.05) is 26.0 Å². The molecular weight excluding hydrogens is 272 g/mol. The molecule has 1 saturated heterocycles. The van der Waals surface area contributed by atoms with Gasteiger partial charge in [-0.1, -0.05) is 24.3 Å². The summed E-state index contributed by atoms with van der Waals surface area (Å²) in [6, 6.07) is 8.45. The number of hydrogen-bond donors (Lipinski definition) is 2. The Morgan fingerprint density at radius 3 is 2.45 bits per heavy atom. The maximum atomic E-state index is 12.6. The van der Waals surface area contributed by atoms with Gasteiger partial charge >= 0.3 is 0 Å². The maximum absolute atomic E-state index is 12.6. The fraction of sp³-hybridized carbons (Fsp3) is 0.562. The fourth-order valence-electron chi connectivity index (χ4n) is 2.73. The van der Waals surface area contributed by atoms with Crippen LogP contribution in [0.1, 0.15) is 37.8 Å². The third-order valence-electron chi connectivity index (χ3n) is 4.06. The lowest BCUT2D eigenvalue weighted by Crippen LogP contribution is -2.48. The molecule has 20 heavy (non-hydrogen) atoms. The molecule has 4 heteroatoms. The molecule has 1 amide bonds. The van der Waals surface area contributed by atoms with E-state index >= 15 is 0 Å². The number of amides is 1. The van der Waals surface area contributed by atoms with Gasteiger partial charge in [0.1, 0.15) is 0 Å². The van der Waals surface area contributed by atoms with Crippen LogP contribution in [-0.2, 0) is 10.2 Å². The van der Waals surface area contributed by atoms with Crippen molar-refractivity contribution in [1.29, 1.82) is 0 Å². The van der Waals surface area contributed by atoms with E-state index in [0.717, 1.165) is 31.5 Å². The van der Waals surface area contributed by atoms with Gasteiger partial charge < -0.3 is 10.6 Å². The van der Waals surface area contributed by atoms with Crippen LogP contribution in [0.3, 0.4) is 0 Å². The molecule has 112 valence electrons. The summed E-state index contributed by atoms with van der Waals surface area (Å²) in [7, 11) is 0. The van der Waals surface area contributed by atoms with Crippen LogP contribution in [0.4, 0.5) is 0 Å². The highest BCUT2D eigenvalue weighted by Gasteiger charge is 2.32. The number of nitrogens with one attached hydrogen (secondary N) is 2. The highest BCUT2D eigenvalue weighted by Crippen LogP contribution is 2.26. The van der Waals surface area contributed by atoms with Gasteiger partial charge in [0.05, 0.1) is 5.41 Å². The fourth-order valence-corrected chi connectivity index (χ4v) is 2.73. The monoisotopic (exact) mass is 296 g/mol. The van der Waals surface area contributed by atoms with Crippen molar-refractivity contribution in [3.63, 3.8) is 0 Å². The minimum Gasteiger partial charge on any atom is -0.353 e. The summed E-state index contributed by atoms with van der Waals surface area (Å²) in [5.41, 5.74) is 1.81. The Morgan fingerprint density at radius 2 is 1.85 bits per heavy atom. The van der Waals surface area contributed by atoms with Crippen LogP contribution >= 0.6 is 12.4 Å². The van der Waals surface area contributed by atoms with Crippen LogP contribution in [0.5, 0.6) is 0 Å². The number of piperidine rings is 1. The molecule has 3 nitrogen and oxygen atoms in total. The average Bonchev–Trinajstić information content (AvgIpc) is 2.40. The van der Waals surface area contributed by atoms with E-state index in [-0.39, 0.29) is 18.3 Å². The minimum absolute atomic E-state index is 0. The number of halogens is 1. The minimum atomic E-state index is -0.476. The molecule has 2 N–H and O–H groups in total. The predicted molar refractivity (Wildman–Crippen MR) is 85.5 cm³/mol. The Balaban J connectivity index is 0.00000200. The molecule has 1 aliphatic heterocycles. The molecule has 0 atom stereocenters. The Kier molecular flexibility index (Phi) is 6.03. The molecular formula is C16H25ClN2O. The summed E-state index contributed by atoms with van der Waals surface area (Å²) in [6.07, 6.45) is 2.05. The van der Waals surface area contributed by atoms with E-state index < -0.39 is 5.41 Å². The largest absolute Gasteiger partial charge is 0.353 e. The van der Waals surface area contributed by atoms with E-state index in [1.54, 1.807) is 0 Å². The third-order valence-corrected chi connectivity index (χ3v) is 4.06. The summed E-state index contributed by atoms with van der Waals surface area (Å²) in [5.74, 6) is 0.133. The number of carbonyl (C=O) groups is 1. The molecule has 0 radical (unpaired) electrons. The van der Waals surface area contributed by atoms with Gasteiger partial charge in [0.15, 0.2) is 0 Å². The van der Waals surface area contributed by atoms with Gasteiger partial charge in [0.25, 0.3) is 0 Å². The van der Waals surface area contributed by atoms with Gasteiger partial charge in [0.2, 0.25) is 5.91 Å². The molecule has 2 rings (SSSR count). The van der Waals surface area contributed by atoms with Crippen LogP contribution in [-0.4, -0.2) is 25.0 Å². The van der Waals surface area contributed by atoms with Crippen LogP contribution < -0.4 is 10.6 Å². The predicted octanol–water partition coefficient (Wildman–Crippen LogP) is 2.56. The summed E-state index contributed by atoms with van der Waals surface area (Å²) in [4.78, 5) is 12.6. The van der Waals surface area contributed by atoms with E-state index in [0.29, 0.717) is 6.04 Å². The molecule has 1 aliphatic rings. The highest BCUT2D eigenvalue weighted by molar-refractivity contribution is 5.88. The molecule has 0 aliphatic carbocycles. The van der Waals surface area contributed by atoms with Gasteiger partial charge in [-0.25, -0.2) is 0 Å². The van der Waals surface area contributed by atoms with Crippen LogP contribution in [0.15, 0.2) is 24.3 Å². The van der Waals surface area contributed by atoms with Gasteiger partial charge in [0, 0.05) is 6.04 Å². The molecule has 0 spiro atoms. The van der Waals surface area contributed by atoms with Crippen molar-refractivity contribution in [2.24, 2.45) is 0 Å². The van der Waals surface area contributed by atoms with Crippen molar-refractivity contribution in [2.45, 2.75) is 45.1 Å². The maximum Gasteiger partial charge on any atom is 0.230 e. The Bertz CT molecular complexity index is 454. The standard InChI is InChI=1S/C16H24N2O.ClH/c1-12-6-4-5-7-14(12)16(2,3)15(19)18-13-8-10-17-11-9-13;/h4-7,13,17H,8-11H2,1-3H3,(H,18,19);1H. The first-order valence-electron chi connectivity index (χ1n) is 7.09. The molecule has 0 bridgehead atoms. The smallest absolute Gasteiger partial charge is 0.230 e. The quantitative estimate of drug-likeness (QED) is 0.900. The summed E-state index contributed by atoms with van der Waals surface area (Å²) in [6.45, 7) is 8.07. The van der Waals surface area contributed by atoms with E-state index in [1.165, 1.54) is 5.56 Å². The number of carbonyl (C=O) groups excluding carboxylic acids is 1. The van der Waals surface area contributed by atoms with Crippen molar-refractivity contribution in [1.82, 2.24) is 10.6 Å². The second kappa shape index (κ2) is 7.09. The lowest BCUT2D eigenvalue weighted by molar-refractivity contribution is -0.126. The summed E-state index contributed by atoms with van der Waals surface area (Å²) in [5, 5.41) is 6.52. The lowest BCUT2D eigenvalue weighted by Gasteiger charge is -2.30. The zero-order chi connectivity index (χ0) is 13.9. The number of aryl methyl sites for hydroxylation is 1. The highest BCUT2D eigenvalue weighted by atomic mass is 35.5. The average molecular weight is 297 g/mol. The van der Waals surface area contributed by atoms with Gasteiger partial charge in [-0.2, -0.15) is 0 Å². The van der Waals surface area contributed by atoms with Crippen molar-refractivity contribution < 1.29 is 4.79 Å². The molecule has 1 fully saturated rings. The SMILES string of the molecule is Cc1ccccc1C(C)(C)C(=O)NC1CCNCC1.Cl. The van der Waals surface area contributed by atoms with Crippen LogP contribution in [0, 0.1) is 6.92 Å². The number of benzene rings is 1. The Morgan fingerprint density at radius 1 is 1.25 bits per heavy atom. The molecule has 1 aromatic carbocycles. The van der Waals surface area contributed by atoms with E-state index in [9.17, 15) is 4.79 Å². The van der Waals surface area contributed by atoms with Crippen molar-refractivity contribution in [3.8, 4) is 0 Å². The van der Waals surface area contributed by atoms with Gasteiger partial charge in [-0.05, 0) is 57.8 Å². The first-order chi connectivity index (χ1) is 9.01. The Hall–Kier alpha value is -1.06. The molecule has 0 unspecified atom stereocenters. The molecule has 0 saturated carbocycles. The van der Waals surface area contributed by atoms with Crippen LogP contribution in [0.2, 0.25) is 0 Å². The first kappa shape index (κ1) is 17.0. The molecule has 0 aromatic heterocycles. The second-order valence-corrected chi connectivity index (χ2v) is 5.94. The van der Waals surface area contributed by atoms with Gasteiger partial charge in [-0.3, -0.25) is 4.79 Å². The van der Waals surface area contributed by atoms with Gasteiger partial charge in [-0.15, -0.1) is 12.4 Å². The second-order valence-electron chi connectivity index (χ2n) is 5.94. The third kappa shape index (κ3) is 3.74. The van der Waals surface area contributed by atoms with E-state index in [4.69, 9.17) is 0 Å². The molecule has 1 heterocycles. The van der Waals surface area contributed by atoms with Crippen molar-refractivity contribution in [3.05, 3.63) is 35.4 Å². The normalized spacial score (nSPS) is 16.4. The lowest BCUT2D eigenvalue weighted by atomic mass is 9.81. The van der Waals surface area contributed by atoms with Crippen molar-refractivity contribution >= 4 is 18.3 Å². The molecule has 1 aromatic rings. The zero-order valence-electron chi connectivity index (χ0n) is 12.5. The zero-order valence-corrected chi connectivity index (χ0v) is 13.3.